The zero-order valence-corrected chi connectivity index (χ0v) is 14.3. The summed E-state index contributed by atoms with van der Waals surface area (Å²) in [5.74, 6) is 0.991. The summed E-state index contributed by atoms with van der Waals surface area (Å²) in [6, 6.07) is 7.60. The molecule has 1 aromatic carbocycles. The second-order valence-corrected chi connectivity index (χ2v) is 8.23. The van der Waals surface area contributed by atoms with Crippen molar-refractivity contribution in [2.45, 2.75) is 12.8 Å². The van der Waals surface area contributed by atoms with Gasteiger partial charge in [0, 0.05) is 38.5 Å². The van der Waals surface area contributed by atoms with Crippen molar-refractivity contribution in [2.24, 2.45) is 5.92 Å². The van der Waals surface area contributed by atoms with Crippen LogP contribution < -0.4 is 4.74 Å². The molecule has 1 saturated heterocycles. The van der Waals surface area contributed by atoms with E-state index in [-0.39, 0.29) is 5.92 Å². The Morgan fingerprint density at radius 2 is 2.17 bits per heavy atom. The van der Waals surface area contributed by atoms with Gasteiger partial charge in [0.2, 0.25) is 0 Å². The number of hydrogen-bond donors (Lipinski definition) is 0. The van der Waals surface area contributed by atoms with Gasteiger partial charge in [0.1, 0.15) is 11.3 Å². The third kappa shape index (κ3) is 3.52. The lowest BCUT2D eigenvalue weighted by molar-refractivity contribution is 0.176. The smallest absolute Gasteiger partial charge is 0.281 e. The summed E-state index contributed by atoms with van der Waals surface area (Å²) in [6.07, 6.45) is 3.49. The lowest BCUT2D eigenvalue weighted by Crippen LogP contribution is -2.46. The van der Waals surface area contributed by atoms with E-state index >= 15 is 0 Å². The Hall–Kier alpha value is -1.57. The van der Waals surface area contributed by atoms with Gasteiger partial charge in [0.15, 0.2) is 0 Å². The molecule has 6 nitrogen and oxygen atoms in total. The minimum Gasteiger partial charge on any atom is -0.493 e. The van der Waals surface area contributed by atoms with Crippen LogP contribution in [0.2, 0.25) is 0 Å². The van der Waals surface area contributed by atoms with Crippen LogP contribution in [0.3, 0.4) is 0 Å². The number of nitrogens with zero attached hydrogens (tertiary/aromatic N) is 2. The summed E-state index contributed by atoms with van der Waals surface area (Å²) in [6.45, 7) is 1.61. The van der Waals surface area contributed by atoms with Crippen molar-refractivity contribution in [3.05, 3.63) is 30.5 Å². The number of piperidine rings is 1. The average molecular weight is 338 g/mol. The molecule has 3 rings (SSSR count). The Bertz CT molecular complexity index is 769. The molecule has 1 aromatic heterocycles. The molecule has 1 unspecified atom stereocenters. The van der Waals surface area contributed by atoms with Crippen molar-refractivity contribution in [3.8, 4) is 5.75 Å². The highest BCUT2D eigenvalue weighted by atomic mass is 32.2. The molecule has 0 radical (unpaired) electrons. The third-order valence-corrected chi connectivity index (χ3v) is 6.09. The molecule has 1 fully saturated rings. The van der Waals surface area contributed by atoms with E-state index in [2.05, 4.69) is 0 Å². The molecule has 0 aliphatic carbocycles. The van der Waals surface area contributed by atoms with Gasteiger partial charge >= 0.3 is 0 Å². The van der Waals surface area contributed by atoms with Gasteiger partial charge in [-0.15, -0.1) is 0 Å². The number of rotatable bonds is 5. The molecule has 7 heteroatoms. The first-order valence-corrected chi connectivity index (χ1v) is 9.14. The lowest BCUT2D eigenvalue weighted by atomic mass is 10.0. The fourth-order valence-electron chi connectivity index (χ4n) is 2.85. The molecular formula is C16H22N2O4S. The molecule has 0 amide bonds. The van der Waals surface area contributed by atoms with Crippen LogP contribution in [0.25, 0.3) is 11.0 Å². The molecule has 0 N–H and O–H groups in total. The molecular weight excluding hydrogens is 316 g/mol. The molecule has 1 atom stereocenters. The van der Waals surface area contributed by atoms with Crippen LogP contribution in [0, 0.1) is 5.92 Å². The van der Waals surface area contributed by atoms with Crippen LogP contribution in [-0.2, 0) is 10.2 Å². The maximum absolute atomic E-state index is 12.2. The number of ether oxygens (including phenoxy) is 1. The van der Waals surface area contributed by atoms with Gasteiger partial charge in [-0.3, -0.25) is 0 Å². The fraction of sp³-hybridized carbons (Fsp3) is 0.500. The number of furan rings is 1. The normalized spacial score (nSPS) is 20.2. The van der Waals surface area contributed by atoms with Crippen molar-refractivity contribution in [1.29, 1.82) is 0 Å². The zero-order valence-electron chi connectivity index (χ0n) is 13.4. The van der Waals surface area contributed by atoms with E-state index in [1.165, 1.54) is 4.31 Å². The highest BCUT2D eigenvalue weighted by Crippen LogP contribution is 2.24. The largest absolute Gasteiger partial charge is 0.493 e. The second kappa shape index (κ2) is 6.51. The summed E-state index contributed by atoms with van der Waals surface area (Å²) in [5, 5.41) is 1.00. The van der Waals surface area contributed by atoms with Crippen LogP contribution >= 0.6 is 0 Å². The van der Waals surface area contributed by atoms with E-state index in [0.717, 1.165) is 29.6 Å². The van der Waals surface area contributed by atoms with Crippen molar-refractivity contribution in [2.75, 3.05) is 33.8 Å². The molecule has 1 aliphatic heterocycles. The molecule has 0 spiro atoms. The predicted octanol–water partition coefficient (Wildman–Crippen LogP) is 2.33. The Morgan fingerprint density at radius 3 is 2.96 bits per heavy atom. The molecule has 126 valence electrons. The van der Waals surface area contributed by atoms with Crippen LogP contribution in [-0.4, -0.2) is 50.8 Å². The van der Waals surface area contributed by atoms with Crippen molar-refractivity contribution in [1.82, 2.24) is 8.61 Å². The number of hydrogen-bond acceptors (Lipinski definition) is 4. The summed E-state index contributed by atoms with van der Waals surface area (Å²) < 4.78 is 38.4. The number of fused-ring (bicyclic) bond motifs is 1. The standard InChI is InChI=1S/C16H22N2O4S/c1-17(2)23(19,20)18-8-3-4-13(11-18)12-22-15-5-6-16-14(10-15)7-9-21-16/h5-7,9-10,13H,3-4,8,11-12H2,1-2H3. The van der Waals surface area contributed by atoms with Gasteiger partial charge in [0.25, 0.3) is 10.2 Å². The predicted molar refractivity (Wildman–Crippen MR) is 88.6 cm³/mol. The molecule has 0 bridgehead atoms. The third-order valence-electron chi connectivity index (χ3n) is 4.18. The lowest BCUT2D eigenvalue weighted by Gasteiger charge is -2.33. The van der Waals surface area contributed by atoms with E-state index in [9.17, 15) is 8.42 Å². The summed E-state index contributed by atoms with van der Waals surface area (Å²) in [5.41, 5.74) is 0.832. The Labute approximate surface area is 136 Å². The quantitative estimate of drug-likeness (QED) is 0.839. The maximum atomic E-state index is 12.2. The molecule has 0 saturated carbocycles. The Morgan fingerprint density at radius 1 is 1.35 bits per heavy atom. The monoisotopic (exact) mass is 338 g/mol. The van der Waals surface area contributed by atoms with E-state index in [4.69, 9.17) is 9.15 Å². The zero-order chi connectivity index (χ0) is 16.4. The first-order chi connectivity index (χ1) is 11.0. The van der Waals surface area contributed by atoms with Crippen LogP contribution in [0.4, 0.5) is 0 Å². The molecule has 1 aliphatic rings. The first kappa shape index (κ1) is 16.3. The van der Waals surface area contributed by atoms with Gasteiger partial charge in [-0.1, -0.05) is 0 Å². The maximum Gasteiger partial charge on any atom is 0.281 e. The average Bonchev–Trinajstić information content (AvgIpc) is 3.00. The second-order valence-electron chi connectivity index (χ2n) is 6.09. The SMILES string of the molecule is CN(C)S(=O)(=O)N1CCCC(COc2ccc3occc3c2)C1. The topological polar surface area (TPSA) is 63.0 Å². The minimum absolute atomic E-state index is 0.207. The van der Waals surface area contributed by atoms with Crippen molar-refractivity contribution >= 4 is 21.2 Å². The molecule has 23 heavy (non-hydrogen) atoms. The number of benzene rings is 1. The van der Waals surface area contributed by atoms with Gasteiger partial charge in [-0.2, -0.15) is 17.0 Å². The van der Waals surface area contributed by atoms with Gasteiger partial charge in [-0.25, -0.2) is 0 Å². The van der Waals surface area contributed by atoms with Gasteiger partial charge in [0.05, 0.1) is 12.9 Å². The minimum atomic E-state index is -3.34. The summed E-state index contributed by atoms with van der Waals surface area (Å²) >= 11 is 0. The van der Waals surface area contributed by atoms with E-state index in [1.807, 2.05) is 24.3 Å². The summed E-state index contributed by atoms with van der Waals surface area (Å²) in [7, 11) is -0.208. The molecule has 2 aromatic rings. The van der Waals surface area contributed by atoms with E-state index < -0.39 is 10.2 Å². The first-order valence-electron chi connectivity index (χ1n) is 7.74. The van der Waals surface area contributed by atoms with Gasteiger partial charge in [-0.05, 0) is 37.1 Å². The highest BCUT2D eigenvalue weighted by molar-refractivity contribution is 7.86. The van der Waals surface area contributed by atoms with Crippen LogP contribution in [0.5, 0.6) is 5.75 Å². The fourth-order valence-corrected chi connectivity index (χ4v) is 4.07. The van der Waals surface area contributed by atoms with E-state index in [0.29, 0.717) is 19.7 Å². The van der Waals surface area contributed by atoms with Crippen LogP contribution in [0.15, 0.2) is 34.9 Å². The van der Waals surface area contributed by atoms with Crippen molar-refractivity contribution < 1.29 is 17.6 Å². The van der Waals surface area contributed by atoms with Crippen LogP contribution in [0.1, 0.15) is 12.8 Å². The highest BCUT2D eigenvalue weighted by Gasteiger charge is 2.30. The Balaban J connectivity index is 1.61. The summed E-state index contributed by atoms with van der Waals surface area (Å²) in [4.78, 5) is 0. The van der Waals surface area contributed by atoms with Crippen molar-refractivity contribution in [3.63, 3.8) is 0 Å². The van der Waals surface area contributed by atoms with E-state index in [1.54, 1.807) is 24.7 Å². The Kier molecular flexibility index (Phi) is 4.61. The van der Waals surface area contributed by atoms with Gasteiger partial charge < -0.3 is 9.15 Å². The molecule has 2 heterocycles.